The van der Waals surface area contributed by atoms with E-state index in [-0.39, 0.29) is 6.04 Å². The minimum Gasteiger partial charge on any atom is -0.363 e. The topological polar surface area (TPSA) is 87.9 Å². The van der Waals surface area contributed by atoms with Crippen LogP contribution in [0.2, 0.25) is 0 Å². The van der Waals surface area contributed by atoms with E-state index < -0.39 is 0 Å². The van der Waals surface area contributed by atoms with Crippen LogP contribution in [-0.4, -0.2) is 34.8 Å². The number of carbonyl (C=O) groups is 1. The van der Waals surface area contributed by atoms with E-state index in [0.29, 0.717) is 18.6 Å². The van der Waals surface area contributed by atoms with Crippen molar-refractivity contribution < 1.29 is 4.79 Å². The highest BCUT2D eigenvalue weighted by Gasteiger charge is 2.12. The molecule has 154 valence electrons. The van der Waals surface area contributed by atoms with Crippen molar-refractivity contribution in [3.05, 3.63) is 42.4 Å². The monoisotopic (exact) mass is 393 g/mol. The Morgan fingerprint density at radius 2 is 2.00 bits per heavy atom. The minimum atomic E-state index is -0.115. The summed E-state index contributed by atoms with van der Waals surface area (Å²) in [6.07, 6.45) is 7.01. The number of fused-ring (bicyclic) bond motifs is 1. The minimum absolute atomic E-state index is 0.115. The van der Waals surface area contributed by atoms with Gasteiger partial charge < -0.3 is 15.6 Å². The highest BCUT2D eigenvalue weighted by Crippen LogP contribution is 2.25. The van der Waals surface area contributed by atoms with Gasteiger partial charge in [-0.15, -0.1) is 0 Å². The van der Waals surface area contributed by atoms with Crippen LogP contribution in [0.3, 0.4) is 0 Å². The van der Waals surface area contributed by atoms with Gasteiger partial charge in [0.2, 0.25) is 0 Å². The van der Waals surface area contributed by atoms with Gasteiger partial charge in [-0.1, -0.05) is 25.8 Å². The quantitative estimate of drug-likeness (QED) is 0.491. The van der Waals surface area contributed by atoms with Crippen LogP contribution in [0.4, 0.5) is 5.82 Å². The fraction of sp³-hybridized carbons (Fsp3) is 0.435. The average Bonchev–Trinajstić information content (AvgIpc) is 3.22. The number of hydrogen-bond donors (Lipinski definition) is 2. The van der Waals surface area contributed by atoms with E-state index in [2.05, 4.69) is 33.2 Å². The van der Waals surface area contributed by atoms with E-state index in [1.54, 1.807) is 0 Å². The molecule has 0 saturated heterocycles. The molecule has 0 radical (unpaired) electrons. The number of nitrogens with one attached hydrogen (secondary N) is 1. The number of nitrogens with two attached hydrogens (primary N) is 1. The predicted octanol–water partition coefficient (Wildman–Crippen LogP) is 4.62. The zero-order valence-electron chi connectivity index (χ0n) is 17.6. The molecule has 0 amide bonds. The maximum absolute atomic E-state index is 11.4. The van der Waals surface area contributed by atoms with E-state index in [1.807, 2.05) is 44.2 Å². The molecular weight excluding hydrogens is 362 g/mol. The molecule has 0 aliphatic rings. The van der Waals surface area contributed by atoms with Crippen molar-refractivity contribution in [1.29, 1.82) is 0 Å². The van der Waals surface area contributed by atoms with Gasteiger partial charge in [-0.25, -0.2) is 9.97 Å². The Morgan fingerprint density at radius 1 is 1.17 bits per heavy atom. The number of pyridine rings is 1. The van der Waals surface area contributed by atoms with Gasteiger partial charge in [-0.05, 0) is 37.1 Å². The first-order valence-corrected chi connectivity index (χ1v) is 10.4. The Labute approximate surface area is 172 Å². The lowest BCUT2D eigenvalue weighted by Crippen LogP contribution is -2.12. The first-order chi connectivity index (χ1) is 14.0. The van der Waals surface area contributed by atoms with Gasteiger partial charge >= 0.3 is 0 Å². The van der Waals surface area contributed by atoms with Crippen LogP contribution in [0.1, 0.15) is 57.3 Å². The van der Waals surface area contributed by atoms with E-state index >= 15 is 0 Å². The van der Waals surface area contributed by atoms with Gasteiger partial charge in [0.1, 0.15) is 17.4 Å². The number of H-pyrrole nitrogens is 1. The Hall–Kier alpha value is -2.73. The maximum atomic E-state index is 11.4. The second-order valence-electron chi connectivity index (χ2n) is 7.75. The van der Waals surface area contributed by atoms with Crippen LogP contribution in [0, 0.1) is 0 Å². The second-order valence-corrected chi connectivity index (χ2v) is 7.75. The van der Waals surface area contributed by atoms with Gasteiger partial charge in [0.15, 0.2) is 0 Å². The number of Topliss-reactive ketones (excluding diaryl/α,β-unsaturated/α-hetero) is 1. The zero-order chi connectivity index (χ0) is 20.8. The highest BCUT2D eigenvalue weighted by atomic mass is 16.1. The Morgan fingerprint density at radius 3 is 2.76 bits per heavy atom. The molecule has 0 aliphatic carbocycles. The van der Waals surface area contributed by atoms with Gasteiger partial charge in [0.05, 0.1) is 23.4 Å². The van der Waals surface area contributed by atoms with Crippen molar-refractivity contribution in [2.45, 2.75) is 51.5 Å². The van der Waals surface area contributed by atoms with E-state index in [4.69, 9.17) is 5.73 Å². The first-order valence-electron chi connectivity index (χ1n) is 10.4. The second kappa shape index (κ2) is 9.65. The molecule has 0 fully saturated rings. The number of ketones is 1. The molecule has 0 unspecified atom stereocenters. The number of nitrogens with zero attached hydrogens (tertiary/aromatic N) is 3. The molecule has 1 aromatic carbocycles. The molecule has 6 nitrogen and oxygen atoms in total. The first kappa shape index (κ1) is 21.0. The third-order valence-corrected chi connectivity index (χ3v) is 5.26. The highest BCUT2D eigenvalue weighted by molar-refractivity contribution is 5.85. The molecule has 29 heavy (non-hydrogen) atoms. The lowest BCUT2D eigenvalue weighted by atomic mass is 10.1. The molecule has 6 heteroatoms. The summed E-state index contributed by atoms with van der Waals surface area (Å²) >= 11 is 0. The molecule has 0 bridgehead atoms. The average molecular weight is 394 g/mol. The number of hydrogen-bond acceptors (Lipinski definition) is 5. The summed E-state index contributed by atoms with van der Waals surface area (Å²) < 4.78 is 0. The summed E-state index contributed by atoms with van der Waals surface area (Å²) in [5, 5.41) is 1.09. The van der Waals surface area contributed by atoms with Gasteiger partial charge in [-0.3, -0.25) is 4.79 Å². The number of unbranched alkanes of at least 4 members (excludes halogenated alkanes) is 2. The van der Waals surface area contributed by atoms with Crippen LogP contribution in [0.25, 0.3) is 22.2 Å². The van der Waals surface area contributed by atoms with Crippen LogP contribution in [-0.2, 0) is 4.79 Å². The Bertz CT molecular complexity index is 963. The standard InChI is InChI=1S/C23H31N5O/c1-4-18(29)8-6-5-7-9-19(24)23-25-15-21(27-23)17-10-12-20-16(14-17)11-13-22(26-20)28(2)3/h10-15,19H,4-9,24H2,1-3H3,(H,25,27)/t19-/m0/s1. The van der Waals surface area contributed by atoms with E-state index in [9.17, 15) is 4.79 Å². The van der Waals surface area contributed by atoms with Crippen molar-refractivity contribution >= 4 is 22.5 Å². The number of carbonyl (C=O) groups excluding carboxylic acids is 1. The Balaban J connectivity index is 1.61. The van der Waals surface area contributed by atoms with Gasteiger partial charge in [0.25, 0.3) is 0 Å². The summed E-state index contributed by atoms with van der Waals surface area (Å²) in [7, 11) is 3.98. The van der Waals surface area contributed by atoms with Crippen LogP contribution >= 0.6 is 0 Å². The van der Waals surface area contributed by atoms with Crippen molar-refractivity contribution in [2.24, 2.45) is 5.73 Å². The number of rotatable bonds is 10. The van der Waals surface area contributed by atoms with Crippen LogP contribution in [0.5, 0.6) is 0 Å². The third kappa shape index (κ3) is 5.41. The zero-order valence-corrected chi connectivity index (χ0v) is 17.6. The number of benzene rings is 1. The molecular formula is C23H31N5O. The normalized spacial score (nSPS) is 12.3. The van der Waals surface area contributed by atoms with Crippen molar-refractivity contribution in [3.8, 4) is 11.3 Å². The number of anilines is 1. The van der Waals surface area contributed by atoms with E-state index in [1.165, 1.54) is 0 Å². The van der Waals surface area contributed by atoms with Gasteiger partial charge in [-0.2, -0.15) is 0 Å². The summed E-state index contributed by atoms with van der Waals surface area (Å²) in [5.74, 6) is 2.10. The van der Waals surface area contributed by atoms with Gasteiger partial charge in [0, 0.05) is 37.9 Å². The smallest absolute Gasteiger partial charge is 0.132 e. The molecule has 0 spiro atoms. The Kier molecular flexibility index (Phi) is 6.99. The maximum Gasteiger partial charge on any atom is 0.132 e. The number of aromatic nitrogens is 3. The number of imidazole rings is 1. The molecule has 1 atom stereocenters. The number of aromatic amines is 1. The van der Waals surface area contributed by atoms with Crippen molar-refractivity contribution in [2.75, 3.05) is 19.0 Å². The predicted molar refractivity (Wildman–Crippen MR) is 119 cm³/mol. The fourth-order valence-corrected chi connectivity index (χ4v) is 3.38. The van der Waals surface area contributed by atoms with Crippen LogP contribution in [0.15, 0.2) is 36.5 Å². The largest absolute Gasteiger partial charge is 0.363 e. The SMILES string of the molecule is CCC(=O)CCCCC[C@H](N)c1ncc(-c2ccc3nc(N(C)C)ccc3c2)[nH]1. The fourth-order valence-electron chi connectivity index (χ4n) is 3.38. The van der Waals surface area contributed by atoms with Crippen molar-refractivity contribution in [1.82, 2.24) is 15.0 Å². The molecule has 2 aromatic heterocycles. The summed E-state index contributed by atoms with van der Waals surface area (Å²) in [4.78, 5) is 25.9. The molecule has 0 saturated carbocycles. The molecule has 3 N–H and O–H groups in total. The van der Waals surface area contributed by atoms with E-state index in [0.717, 1.165) is 59.5 Å². The molecule has 3 aromatic rings. The van der Waals surface area contributed by atoms with Crippen molar-refractivity contribution in [3.63, 3.8) is 0 Å². The molecule has 0 aliphatic heterocycles. The summed E-state index contributed by atoms with van der Waals surface area (Å²) in [6.45, 7) is 1.92. The lowest BCUT2D eigenvalue weighted by Gasteiger charge is -2.12. The molecule has 3 rings (SSSR count). The lowest BCUT2D eigenvalue weighted by molar-refractivity contribution is -0.118. The third-order valence-electron chi connectivity index (χ3n) is 5.26. The summed E-state index contributed by atoms with van der Waals surface area (Å²) in [6, 6.07) is 10.2. The summed E-state index contributed by atoms with van der Waals surface area (Å²) in [5.41, 5.74) is 9.32. The van der Waals surface area contributed by atoms with Crippen LogP contribution < -0.4 is 10.6 Å². The molecule has 2 heterocycles.